The lowest BCUT2D eigenvalue weighted by molar-refractivity contribution is 0.100. The molecule has 1 aromatic carbocycles. The van der Waals surface area contributed by atoms with E-state index in [0.717, 1.165) is 0 Å². The predicted molar refractivity (Wildman–Crippen MR) is 74.2 cm³/mol. The van der Waals surface area contributed by atoms with Crippen LogP contribution in [-0.4, -0.2) is 16.7 Å². The summed E-state index contributed by atoms with van der Waals surface area (Å²) in [5.74, 6) is -0.375. The Labute approximate surface area is 116 Å². The van der Waals surface area contributed by atoms with Crippen molar-refractivity contribution in [1.29, 1.82) is 0 Å². The predicted octanol–water partition coefficient (Wildman–Crippen LogP) is 3.36. The molecule has 18 heavy (non-hydrogen) atoms. The first-order valence-electron chi connectivity index (χ1n) is 5.10. The number of nitrogens with zero attached hydrogens (tertiary/aromatic N) is 1. The van der Waals surface area contributed by atoms with E-state index >= 15 is 0 Å². The Hall–Kier alpha value is -1.53. The van der Waals surface area contributed by atoms with Crippen LogP contribution in [0.5, 0.6) is 0 Å². The molecule has 2 rings (SSSR count). The summed E-state index contributed by atoms with van der Waals surface area (Å²) in [7, 11) is 0. The summed E-state index contributed by atoms with van der Waals surface area (Å²) >= 11 is 4.53. The summed E-state index contributed by atoms with van der Waals surface area (Å²) in [6.45, 7) is 1.44. The smallest absolute Gasteiger partial charge is 0.258 e. The molecule has 0 saturated carbocycles. The molecular weight excluding hydrogens is 316 g/mol. The number of hydrogen-bond acceptors (Lipinski definition) is 4. The Morgan fingerprint density at radius 2 is 2.06 bits per heavy atom. The number of thiazole rings is 1. The molecule has 0 fully saturated rings. The van der Waals surface area contributed by atoms with Crippen LogP contribution in [0.15, 0.2) is 34.1 Å². The van der Waals surface area contributed by atoms with Crippen molar-refractivity contribution in [2.45, 2.75) is 6.92 Å². The summed E-state index contributed by atoms with van der Waals surface area (Å²) in [5.41, 5.74) is 0.888. The highest BCUT2D eigenvalue weighted by Crippen LogP contribution is 2.20. The molecule has 1 heterocycles. The number of rotatable bonds is 3. The van der Waals surface area contributed by atoms with Gasteiger partial charge in [-0.2, -0.15) is 0 Å². The van der Waals surface area contributed by atoms with Crippen molar-refractivity contribution in [2.24, 2.45) is 0 Å². The molecule has 1 amide bonds. The molecule has 0 unspecified atom stereocenters. The lowest BCUT2D eigenvalue weighted by Gasteiger charge is -2.03. The second kappa shape index (κ2) is 5.41. The van der Waals surface area contributed by atoms with Gasteiger partial charge in [0.05, 0.1) is 5.56 Å². The summed E-state index contributed by atoms with van der Waals surface area (Å²) in [5, 5.41) is 4.70. The lowest BCUT2D eigenvalue weighted by Crippen LogP contribution is -2.12. The van der Waals surface area contributed by atoms with E-state index < -0.39 is 0 Å². The minimum atomic E-state index is -0.257. The van der Waals surface area contributed by atoms with Crippen LogP contribution in [0.4, 0.5) is 5.13 Å². The number of hydrogen-bond donors (Lipinski definition) is 1. The third-order valence-electron chi connectivity index (χ3n) is 2.20. The maximum atomic E-state index is 12.0. The summed E-state index contributed by atoms with van der Waals surface area (Å²) in [6.07, 6.45) is 0. The Kier molecular flexibility index (Phi) is 3.88. The Bertz CT molecular complexity index is 610. The molecule has 0 aliphatic carbocycles. The topological polar surface area (TPSA) is 59.1 Å². The quantitative estimate of drug-likeness (QED) is 0.880. The van der Waals surface area contributed by atoms with Crippen LogP contribution in [0.25, 0.3) is 0 Å². The first kappa shape index (κ1) is 12.9. The van der Waals surface area contributed by atoms with Crippen LogP contribution >= 0.6 is 27.3 Å². The first-order chi connectivity index (χ1) is 8.58. The molecule has 0 aliphatic rings. The van der Waals surface area contributed by atoms with Crippen molar-refractivity contribution >= 4 is 44.1 Å². The van der Waals surface area contributed by atoms with Crippen molar-refractivity contribution < 1.29 is 9.59 Å². The second-order valence-corrected chi connectivity index (χ2v) is 5.24. The van der Waals surface area contributed by atoms with Gasteiger partial charge in [-0.15, -0.1) is 11.3 Å². The normalized spacial score (nSPS) is 10.1. The molecule has 1 N–H and O–H groups in total. The van der Waals surface area contributed by atoms with E-state index in [1.54, 1.807) is 23.6 Å². The number of carbonyl (C=O) groups excluding carboxylic acids is 2. The molecule has 0 bridgehead atoms. The molecular formula is C12H9BrN2O2S. The number of Topliss-reactive ketones (excluding diaryl/α,β-unsaturated/α-hetero) is 1. The van der Waals surface area contributed by atoms with E-state index in [-0.39, 0.29) is 11.7 Å². The zero-order chi connectivity index (χ0) is 13.1. The number of benzene rings is 1. The number of halogens is 1. The maximum Gasteiger partial charge on any atom is 0.258 e. The molecule has 2 aromatic rings. The third-order valence-corrected chi connectivity index (χ3v) is 3.65. The van der Waals surface area contributed by atoms with Crippen LogP contribution in [-0.2, 0) is 0 Å². The number of anilines is 1. The van der Waals surface area contributed by atoms with Gasteiger partial charge in [-0.25, -0.2) is 4.98 Å². The minimum Gasteiger partial charge on any atom is -0.298 e. The number of amides is 1. The van der Waals surface area contributed by atoms with Gasteiger partial charge in [-0.1, -0.05) is 12.1 Å². The third kappa shape index (κ3) is 2.83. The van der Waals surface area contributed by atoms with Gasteiger partial charge in [0.15, 0.2) is 10.9 Å². The van der Waals surface area contributed by atoms with Gasteiger partial charge in [-0.3, -0.25) is 14.9 Å². The van der Waals surface area contributed by atoms with Gasteiger partial charge in [0.25, 0.3) is 5.91 Å². The van der Waals surface area contributed by atoms with E-state index in [1.807, 2.05) is 6.07 Å². The van der Waals surface area contributed by atoms with Gasteiger partial charge in [0.1, 0.15) is 5.69 Å². The molecule has 0 saturated heterocycles. The highest BCUT2D eigenvalue weighted by molar-refractivity contribution is 9.10. The van der Waals surface area contributed by atoms with E-state index in [2.05, 4.69) is 26.2 Å². The maximum absolute atomic E-state index is 12.0. The fraction of sp³-hybridized carbons (Fsp3) is 0.0833. The molecule has 0 radical (unpaired) electrons. The Morgan fingerprint density at radius 3 is 2.67 bits per heavy atom. The van der Waals surface area contributed by atoms with Crippen molar-refractivity contribution in [2.75, 3.05) is 5.32 Å². The Balaban J connectivity index is 2.16. The number of carbonyl (C=O) groups is 2. The molecule has 6 heteroatoms. The zero-order valence-electron chi connectivity index (χ0n) is 9.44. The highest BCUT2D eigenvalue weighted by Gasteiger charge is 2.12. The fourth-order valence-electron chi connectivity index (χ4n) is 1.30. The van der Waals surface area contributed by atoms with Crippen molar-refractivity contribution in [3.63, 3.8) is 0 Å². The SMILES string of the molecule is CC(=O)c1csc(NC(=O)c2ccccc2Br)n1. The summed E-state index contributed by atoms with van der Waals surface area (Å²) in [4.78, 5) is 27.1. The number of aromatic nitrogens is 1. The van der Waals surface area contributed by atoms with E-state index in [0.29, 0.717) is 20.9 Å². The van der Waals surface area contributed by atoms with Crippen molar-refractivity contribution in [1.82, 2.24) is 4.98 Å². The van der Waals surface area contributed by atoms with E-state index in [9.17, 15) is 9.59 Å². The van der Waals surface area contributed by atoms with Crippen molar-refractivity contribution in [3.8, 4) is 0 Å². The lowest BCUT2D eigenvalue weighted by atomic mass is 10.2. The van der Waals surface area contributed by atoms with Crippen LogP contribution < -0.4 is 5.32 Å². The summed E-state index contributed by atoms with van der Waals surface area (Å²) in [6, 6.07) is 7.11. The molecule has 4 nitrogen and oxygen atoms in total. The zero-order valence-corrected chi connectivity index (χ0v) is 11.8. The first-order valence-corrected chi connectivity index (χ1v) is 6.77. The standard InChI is InChI=1S/C12H9BrN2O2S/c1-7(16)10-6-18-12(14-10)15-11(17)8-4-2-3-5-9(8)13/h2-6H,1H3,(H,14,15,17). The number of ketones is 1. The van der Waals surface area contributed by atoms with E-state index in [1.165, 1.54) is 18.3 Å². The van der Waals surface area contributed by atoms with Crippen molar-refractivity contribution in [3.05, 3.63) is 45.4 Å². The number of nitrogens with one attached hydrogen (secondary N) is 1. The van der Waals surface area contributed by atoms with Gasteiger partial charge < -0.3 is 0 Å². The van der Waals surface area contributed by atoms with Gasteiger partial charge in [0, 0.05) is 16.8 Å². The van der Waals surface area contributed by atoms with Gasteiger partial charge in [-0.05, 0) is 28.1 Å². The fourth-order valence-corrected chi connectivity index (χ4v) is 2.51. The van der Waals surface area contributed by atoms with Crippen LogP contribution in [0, 0.1) is 0 Å². The van der Waals surface area contributed by atoms with Gasteiger partial charge in [0.2, 0.25) is 0 Å². The molecule has 1 aromatic heterocycles. The average Bonchev–Trinajstić information content (AvgIpc) is 2.78. The second-order valence-electron chi connectivity index (χ2n) is 3.53. The molecule has 0 aliphatic heterocycles. The highest BCUT2D eigenvalue weighted by atomic mass is 79.9. The average molecular weight is 325 g/mol. The largest absolute Gasteiger partial charge is 0.298 e. The van der Waals surface area contributed by atoms with Crippen LogP contribution in [0.2, 0.25) is 0 Å². The van der Waals surface area contributed by atoms with E-state index in [4.69, 9.17) is 0 Å². The van der Waals surface area contributed by atoms with Gasteiger partial charge >= 0.3 is 0 Å². The Morgan fingerprint density at radius 1 is 1.33 bits per heavy atom. The molecule has 0 atom stereocenters. The monoisotopic (exact) mass is 324 g/mol. The molecule has 92 valence electrons. The van der Waals surface area contributed by atoms with Crippen LogP contribution in [0.3, 0.4) is 0 Å². The van der Waals surface area contributed by atoms with Crippen LogP contribution in [0.1, 0.15) is 27.8 Å². The minimum absolute atomic E-state index is 0.118. The molecule has 0 spiro atoms. The summed E-state index contributed by atoms with van der Waals surface area (Å²) < 4.78 is 0.714.